The lowest BCUT2D eigenvalue weighted by atomic mass is 10.2. The van der Waals surface area contributed by atoms with Crippen molar-refractivity contribution in [3.63, 3.8) is 0 Å². The van der Waals surface area contributed by atoms with Crippen molar-refractivity contribution in [3.8, 4) is 0 Å². The van der Waals surface area contributed by atoms with Crippen LogP contribution in [-0.4, -0.2) is 49.7 Å². The molecule has 0 spiro atoms. The average molecular weight is 371 g/mol. The van der Waals surface area contributed by atoms with E-state index in [1.54, 1.807) is 15.8 Å². The molecule has 24 heavy (non-hydrogen) atoms. The number of likely N-dealkylation sites (tertiary alicyclic amines) is 1. The molecule has 0 aromatic carbocycles. The van der Waals surface area contributed by atoms with Crippen LogP contribution in [0.15, 0.2) is 15.7 Å². The van der Waals surface area contributed by atoms with Crippen LogP contribution in [0.1, 0.15) is 61.7 Å². The summed E-state index contributed by atoms with van der Waals surface area (Å²) in [5.74, 6) is -0.0227. The Kier molecular flexibility index (Phi) is 5.94. The van der Waals surface area contributed by atoms with Gasteiger partial charge in [-0.05, 0) is 31.7 Å². The predicted octanol–water partition coefficient (Wildman–Crippen LogP) is 3.33. The fourth-order valence-corrected chi connectivity index (χ4v) is 6.25. The normalized spacial score (nSPS) is 21.2. The molecule has 2 saturated heterocycles. The Morgan fingerprint density at radius 1 is 0.875 bits per heavy atom. The van der Waals surface area contributed by atoms with Gasteiger partial charge in [-0.25, -0.2) is 8.42 Å². The summed E-state index contributed by atoms with van der Waals surface area (Å²) >= 11 is 1.18. The largest absolute Gasteiger partial charge is 0.339 e. The standard InChI is InChI=1S/C17H26N2O3S2/c20-17(18-9-5-1-2-6-10-18)15-13-16(23-14-15)24(21,22)19-11-7-3-4-8-12-19/h13-14H,1-12H2. The van der Waals surface area contributed by atoms with Crippen LogP contribution in [0.2, 0.25) is 0 Å². The minimum atomic E-state index is -3.45. The second kappa shape index (κ2) is 7.97. The van der Waals surface area contributed by atoms with Gasteiger partial charge in [0.25, 0.3) is 15.9 Å². The van der Waals surface area contributed by atoms with Gasteiger partial charge in [-0.2, -0.15) is 4.31 Å². The highest BCUT2D eigenvalue weighted by Gasteiger charge is 2.28. The maximum atomic E-state index is 12.8. The minimum Gasteiger partial charge on any atom is -0.339 e. The lowest BCUT2D eigenvalue weighted by molar-refractivity contribution is 0.0762. The number of thiophene rings is 1. The Morgan fingerprint density at radius 3 is 2.00 bits per heavy atom. The quantitative estimate of drug-likeness (QED) is 0.820. The molecule has 0 radical (unpaired) electrons. The number of nitrogens with zero attached hydrogens (tertiary/aromatic N) is 2. The first-order valence-electron chi connectivity index (χ1n) is 8.97. The van der Waals surface area contributed by atoms with Crippen LogP contribution in [0.25, 0.3) is 0 Å². The van der Waals surface area contributed by atoms with E-state index in [0.717, 1.165) is 51.6 Å². The Labute approximate surface area is 148 Å². The first-order valence-corrected chi connectivity index (χ1v) is 11.3. The summed E-state index contributed by atoms with van der Waals surface area (Å²) in [4.78, 5) is 14.5. The van der Waals surface area contributed by atoms with E-state index in [1.165, 1.54) is 24.2 Å². The summed E-state index contributed by atoms with van der Waals surface area (Å²) in [6.45, 7) is 2.75. The molecule has 1 amide bonds. The van der Waals surface area contributed by atoms with Crippen LogP contribution in [0.4, 0.5) is 0 Å². The molecule has 134 valence electrons. The molecular formula is C17H26N2O3S2. The lowest BCUT2D eigenvalue weighted by Crippen LogP contribution is -2.32. The molecule has 1 aromatic heterocycles. The lowest BCUT2D eigenvalue weighted by Gasteiger charge is -2.20. The third-order valence-electron chi connectivity index (χ3n) is 4.87. The monoisotopic (exact) mass is 370 g/mol. The molecule has 0 aliphatic carbocycles. The van der Waals surface area contributed by atoms with Crippen LogP contribution in [0.3, 0.4) is 0 Å². The van der Waals surface area contributed by atoms with Crippen LogP contribution >= 0.6 is 11.3 Å². The summed E-state index contributed by atoms with van der Waals surface area (Å²) in [6.07, 6.45) is 8.44. The van der Waals surface area contributed by atoms with Gasteiger partial charge in [0.1, 0.15) is 4.21 Å². The molecular weight excluding hydrogens is 344 g/mol. The molecule has 0 N–H and O–H groups in total. The molecule has 0 bridgehead atoms. The van der Waals surface area contributed by atoms with E-state index in [2.05, 4.69) is 0 Å². The van der Waals surface area contributed by atoms with Crippen molar-refractivity contribution < 1.29 is 13.2 Å². The van der Waals surface area contributed by atoms with E-state index in [4.69, 9.17) is 0 Å². The Morgan fingerprint density at radius 2 is 1.42 bits per heavy atom. The summed E-state index contributed by atoms with van der Waals surface area (Å²) < 4.78 is 27.5. The SMILES string of the molecule is O=C(c1csc(S(=O)(=O)N2CCCCCC2)c1)N1CCCCCC1. The molecule has 3 heterocycles. The fraction of sp³-hybridized carbons (Fsp3) is 0.706. The van der Waals surface area contributed by atoms with Gasteiger partial charge in [0.15, 0.2) is 0 Å². The molecule has 1 aromatic rings. The molecule has 7 heteroatoms. The van der Waals surface area contributed by atoms with E-state index in [9.17, 15) is 13.2 Å². The van der Waals surface area contributed by atoms with Crippen molar-refractivity contribution in [1.82, 2.24) is 9.21 Å². The van der Waals surface area contributed by atoms with Crippen molar-refractivity contribution in [2.75, 3.05) is 26.2 Å². The van der Waals surface area contributed by atoms with Crippen molar-refractivity contribution >= 4 is 27.3 Å². The van der Waals surface area contributed by atoms with Gasteiger partial charge in [0.2, 0.25) is 0 Å². The van der Waals surface area contributed by atoms with Gasteiger partial charge in [-0.3, -0.25) is 4.79 Å². The first kappa shape index (κ1) is 17.9. The number of amides is 1. The van der Waals surface area contributed by atoms with Crippen LogP contribution in [0, 0.1) is 0 Å². The Bertz CT molecular complexity index is 653. The zero-order chi connectivity index (χ0) is 17.0. The van der Waals surface area contributed by atoms with Crippen molar-refractivity contribution in [3.05, 3.63) is 17.0 Å². The number of hydrogen-bond acceptors (Lipinski definition) is 4. The van der Waals surface area contributed by atoms with Crippen LogP contribution < -0.4 is 0 Å². The molecule has 2 aliphatic rings. The summed E-state index contributed by atoms with van der Waals surface area (Å²) in [6, 6.07) is 1.58. The zero-order valence-electron chi connectivity index (χ0n) is 14.1. The zero-order valence-corrected chi connectivity index (χ0v) is 15.7. The predicted molar refractivity (Wildman–Crippen MR) is 95.9 cm³/mol. The molecule has 5 nitrogen and oxygen atoms in total. The molecule has 0 atom stereocenters. The number of carbonyl (C=O) groups is 1. The number of sulfonamides is 1. The Balaban J connectivity index is 1.75. The summed E-state index contributed by atoms with van der Waals surface area (Å²) in [7, 11) is -3.45. The second-order valence-corrected chi connectivity index (χ2v) is 9.76. The molecule has 0 saturated carbocycles. The van der Waals surface area contributed by atoms with E-state index in [-0.39, 0.29) is 5.91 Å². The van der Waals surface area contributed by atoms with E-state index >= 15 is 0 Å². The van der Waals surface area contributed by atoms with E-state index in [1.807, 2.05) is 4.90 Å². The van der Waals surface area contributed by atoms with Gasteiger partial charge < -0.3 is 4.90 Å². The van der Waals surface area contributed by atoms with Gasteiger partial charge >= 0.3 is 0 Å². The second-order valence-electron chi connectivity index (χ2n) is 6.68. The summed E-state index contributed by atoms with van der Waals surface area (Å²) in [5.41, 5.74) is 0.523. The Hall–Kier alpha value is -0.920. The minimum absolute atomic E-state index is 0.0227. The van der Waals surface area contributed by atoms with Gasteiger partial charge in [0.05, 0.1) is 5.56 Å². The highest BCUT2D eigenvalue weighted by molar-refractivity contribution is 7.91. The van der Waals surface area contributed by atoms with Crippen molar-refractivity contribution in [2.24, 2.45) is 0 Å². The maximum absolute atomic E-state index is 12.8. The van der Waals surface area contributed by atoms with Gasteiger partial charge in [-0.1, -0.05) is 25.7 Å². The number of hydrogen-bond donors (Lipinski definition) is 0. The summed E-state index contributed by atoms with van der Waals surface area (Å²) in [5, 5.41) is 1.71. The number of rotatable bonds is 3. The molecule has 2 fully saturated rings. The van der Waals surface area contributed by atoms with Crippen molar-refractivity contribution in [2.45, 2.75) is 55.6 Å². The molecule has 3 rings (SSSR count). The van der Waals surface area contributed by atoms with Crippen LogP contribution in [-0.2, 0) is 10.0 Å². The van der Waals surface area contributed by atoms with Crippen molar-refractivity contribution in [1.29, 1.82) is 0 Å². The third kappa shape index (κ3) is 4.00. The molecule has 2 aliphatic heterocycles. The third-order valence-corrected chi connectivity index (χ3v) is 8.19. The fourth-order valence-electron chi connectivity index (χ4n) is 3.43. The highest BCUT2D eigenvalue weighted by atomic mass is 32.2. The molecule has 0 unspecified atom stereocenters. The average Bonchev–Trinajstić information content (AvgIpc) is 2.79. The van der Waals surface area contributed by atoms with Gasteiger partial charge in [0, 0.05) is 31.6 Å². The van der Waals surface area contributed by atoms with Crippen LogP contribution in [0.5, 0.6) is 0 Å². The number of carbonyl (C=O) groups excluding carboxylic acids is 1. The van der Waals surface area contributed by atoms with Gasteiger partial charge in [-0.15, -0.1) is 11.3 Å². The highest BCUT2D eigenvalue weighted by Crippen LogP contribution is 2.27. The maximum Gasteiger partial charge on any atom is 0.254 e. The van der Waals surface area contributed by atoms with E-state index in [0.29, 0.717) is 22.9 Å². The smallest absolute Gasteiger partial charge is 0.254 e. The topological polar surface area (TPSA) is 57.7 Å². The van der Waals surface area contributed by atoms with E-state index < -0.39 is 10.0 Å². The first-order chi connectivity index (χ1) is 11.6.